The van der Waals surface area contributed by atoms with Crippen molar-refractivity contribution in [2.75, 3.05) is 13.1 Å². The SMILES string of the molecule is CC(C(=O)NC1CCN(C(=O)C(Cl)Cl)CC1)N1C(=O)c2ccccc2C1=O. The zero-order valence-corrected chi connectivity index (χ0v) is 16.2. The molecule has 1 unspecified atom stereocenters. The van der Waals surface area contributed by atoms with E-state index < -0.39 is 28.6 Å². The van der Waals surface area contributed by atoms with Gasteiger partial charge in [0.1, 0.15) is 6.04 Å². The van der Waals surface area contributed by atoms with E-state index in [1.807, 2.05) is 0 Å². The van der Waals surface area contributed by atoms with Crippen LogP contribution in [0.1, 0.15) is 40.5 Å². The minimum Gasteiger partial charge on any atom is -0.351 e. The molecule has 1 atom stereocenters. The summed E-state index contributed by atoms with van der Waals surface area (Å²) in [7, 11) is 0. The molecule has 9 heteroatoms. The standard InChI is InChI=1S/C18H19Cl2N3O4/c1-10(23-16(25)12-4-2-3-5-13(12)17(23)26)15(24)21-11-6-8-22(9-7-11)18(27)14(19)20/h2-5,10-11,14H,6-9H2,1H3,(H,21,24). The van der Waals surface area contributed by atoms with Gasteiger partial charge in [-0.15, -0.1) is 0 Å². The van der Waals surface area contributed by atoms with E-state index in [0.717, 1.165) is 4.90 Å². The number of benzene rings is 1. The molecule has 0 aromatic heterocycles. The molecular weight excluding hydrogens is 393 g/mol. The summed E-state index contributed by atoms with van der Waals surface area (Å²) >= 11 is 11.2. The van der Waals surface area contributed by atoms with Crippen molar-refractivity contribution < 1.29 is 19.2 Å². The third kappa shape index (κ3) is 3.80. The topological polar surface area (TPSA) is 86.8 Å². The van der Waals surface area contributed by atoms with Crippen LogP contribution in [-0.4, -0.2) is 63.4 Å². The third-order valence-electron chi connectivity index (χ3n) is 4.93. The number of halogens is 2. The second kappa shape index (κ2) is 7.86. The number of hydrogen-bond donors (Lipinski definition) is 1. The molecule has 0 saturated carbocycles. The summed E-state index contributed by atoms with van der Waals surface area (Å²) in [5.74, 6) is -1.67. The van der Waals surface area contributed by atoms with Crippen LogP contribution in [0.5, 0.6) is 0 Å². The van der Waals surface area contributed by atoms with E-state index in [-0.39, 0.29) is 11.9 Å². The highest BCUT2D eigenvalue weighted by Gasteiger charge is 2.41. The minimum absolute atomic E-state index is 0.150. The van der Waals surface area contributed by atoms with Crippen molar-refractivity contribution in [3.63, 3.8) is 0 Å². The van der Waals surface area contributed by atoms with Gasteiger partial charge in [-0.1, -0.05) is 35.3 Å². The molecule has 1 N–H and O–H groups in total. The maximum atomic E-state index is 12.6. The molecule has 0 aliphatic carbocycles. The minimum atomic E-state index is -1.09. The maximum absolute atomic E-state index is 12.6. The molecule has 1 aromatic carbocycles. The number of likely N-dealkylation sites (tertiary alicyclic amines) is 1. The second-order valence-electron chi connectivity index (χ2n) is 6.61. The first-order chi connectivity index (χ1) is 12.8. The van der Waals surface area contributed by atoms with Crippen molar-refractivity contribution >= 4 is 46.8 Å². The highest BCUT2D eigenvalue weighted by Crippen LogP contribution is 2.24. The highest BCUT2D eigenvalue weighted by molar-refractivity contribution is 6.53. The fourth-order valence-corrected chi connectivity index (χ4v) is 3.66. The van der Waals surface area contributed by atoms with Gasteiger partial charge >= 0.3 is 0 Å². The second-order valence-corrected chi connectivity index (χ2v) is 7.71. The Bertz CT molecular complexity index is 756. The third-order valence-corrected chi connectivity index (χ3v) is 5.31. The van der Waals surface area contributed by atoms with E-state index in [1.165, 1.54) is 6.92 Å². The maximum Gasteiger partial charge on any atom is 0.262 e. The smallest absolute Gasteiger partial charge is 0.262 e. The molecule has 2 heterocycles. The lowest BCUT2D eigenvalue weighted by Crippen LogP contribution is -2.53. The molecule has 1 fully saturated rings. The molecule has 2 aliphatic rings. The monoisotopic (exact) mass is 411 g/mol. The normalized spacial score (nSPS) is 18.7. The number of amides is 4. The van der Waals surface area contributed by atoms with E-state index in [4.69, 9.17) is 23.2 Å². The summed E-state index contributed by atoms with van der Waals surface area (Å²) in [5, 5.41) is 2.86. The average molecular weight is 412 g/mol. The van der Waals surface area contributed by atoms with Crippen LogP contribution in [0.2, 0.25) is 0 Å². The van der Waals surface area contributed by atoms with E-state index in [2.05, 4.69) is 5.32 Å². The predicted molar refractivity (Wildman–Crippen MR) is 99.6 cm³/mol. The fourth-order valence-electron chi connectivity index (χ4n) is 3.38. The Balaban J connectivity index is 1.59. The molecule has 2 aliphatic heterocycles. The van der Waals surface area contributed by atoms with Crippen LogP contribution in [0.15, 0.2) is 24.3 Å². The zero-order chi connectivity index (χ0) is 19.7. The van der Waals surface area contributed by atoms with E-state index in [0.29, 0.717) is 37.1 Å². The van der Waals surface area contributed by atoms with Crippen LogP contribution in [0.4, 0.5) is 0 Å². The zero-order valence-electron chi connectivity index (χ0n) is 14.7. The molecule has 0 spiro atoms. The van der Waals surface area contributed by atoms with Gasteiger partial charge in [-0.25, -0.2) is 0 Å². The molecule has 1 saturated heterocycles. The summed E-state index contributed by atoms with van der Waals surface area (Å²) in [4.78, 5) is 50.8. The number of carbonyl (C=O) groups is 4. The largest absolute Gasteiger partial charge is 0.351 e. The first kappa shape index (κ1) is 19.6. The van der Waals surface area contributed by atoms with Crippen LogP contribution < -0.4 is 5.32 Å². The highest BCUT2D eigenvalue weighted by atomic mass is 35.5. The quantitative estimate of drug-likeness (QED) is 0.601. The molecule has 0 bridgehead atoms. The lowest BCUT2D eigenvalue weighted by Gasteiger charge is -2.33. The molecule has 3 rings (SSSR count). The van der Waals surface area contributed by atoms with E-state index in [1.54, 1.807) is 29.2 Å². The van der Waals surface area contributed by atoms with Crippen LogP contribution in [0.3, 0.4) is 0 Å². The van der Waals surface area contributed by atoms with Gasteiger partial charge in [-0.2, -0.15) is 0 Å². The number of hydrogen-bond acceptors (Lipinski definition) is 4. The van der Waals surface area contributed by atoms with Crippen molar-refractivity contribution in [2.45, 2.75) is 36.7 Å². The van der Waals surface area contributed by atoms with Crippen LogP contribution in [-0.2, 0) is 9.59 Å². The Morgan fingerprint density at radius 3 is 2.07 bits per heavy atom. The number of alkyl halides is 2. The summed E-state index contributed by atoms with van der Waals surface area (Å²) in [6.07, 6.45) is 1.10. The number of fused-ring (bicyclic) bond motifs is 1. The number of carbonyl (C=O) groups excluding carboxylic acids is 4. The molecule has 1 aromatic rings. The van der Waals surface area contributed by atoms with Crippen molar-refractivity contribution in [1.82, 2.24) is 15.1 Å². The Hall–Kier alpha value is -2.12. The molecule has 0 radical (unpaired) electrons. The van der Waals surface area contributed by atoms with Gasteiger partial charge in [-0.3, -0.25) is 24.1 Å². The van der Waals surface area contributed by atoms with E-state index in [9.17, 15) is 19.2 Å². The van der Waals surface area contributed by atoms with Crippen LogP contribution in [0.25, 0.3) is 0 Å². The van der Waals surface area contributed by atoms with Gasteiger partial charge in [-0.05, 0) is 31.9 Å². The number of nitrogens with zero attached hydrogens (tertiary/aromatic N) is 2. The lowest BCUT2D eigenvalue weighted by molar-refractivity contribution is -0.130. The van der Waals surface area contributed by atoms with Gasteiger partial charge in [0.2, 0.25) is 5.91 Å². The Kier molecular flexibility index (Phi) is 5.72. The predicted octanol–water partition coefficient (Wildman–Crippen LogP) is 1.58. The lowest BCUT2D eigenvalue weighted by atomic mass is 10.0. The van der Waals surface area contributed by atoms with Crippen molar-refractivity contribution in [1.29, 1.82) is 0 Å². The first-order valence-electron chi connectivity index (χ1n) is 8.65. The molecule has 144 valence electrons. The van der Waals surface area contributed by atoms with Crippen LogP contribution >= 0.6 is 23.2 Å². The first-order valence-corrected chi connectivity index (χ1v) is 9.52. The fraction of sp³-hybridized carbons (Fsp3) is 0.444. The summed E-state index contributed by atoms with van der Waals surface area (Å²) < 4.78 is 0. The van der Waals surface area contributed by atoms with Crippen molar-refractivity contribution in [2.24, 2.45) is 0 Å². The number of imide groups is 1. The Morgan fingerprint density at radius 2 is 1.59 bits per heavy atom. The Labute approximate surface area is 166 Å². The summed E-state index contributed by atoms with van der Waals surface area (Å²) in [6.45, 7) is 2.39. The molecule has 4 amide bonds. The van der Waals surface area contributed by atoms with Gasteiger partial charge in [0.25, 0.3) is 17.7 Å². The van der Waals surface area contributed by atoms with E-state index >= 15 is 0 Å². The van der Waals surface area contributed by atoms with Crippen molar-refractivity contribution in [3.8, 4) is 0 Å². The number of rotatable bonds is 4. The van der Waals surface area contributed by atoms with Gasteiger partial charge in [0, 0.05) is 19.1 Å². The van der Waals surface area contributed by atoms with Gasteiger partial charge < -0.3 is 10.2 Å². The molecule has 7 nitrogen and oxygen atoms in total. The summed E-state index contributed by atoms with van der Waals surface area (Å²) in [5.41, 5.74) is 0.622. The molecular formula is C18H19Cl2N3O4. The van der Waals surface area contributed by atoms with Gasteiger partial charge in [0.15, 0.2) is 4.84 Å². The van der Waals surface area contributed by atoms with Crippen molar-refractivity contribution in [3.05, 3.63) is 35.4 Å². The average Bonchev–Trinajstić information content (AvgIpc) is 2.92. The number of nitrogens with one attached hydrogen (secondary N) is 1. The van der Waals surface area contributed by atoms with Crippen LogP contribution in [0, 0.1) is 0 Å². The van der Waals surface area contributed by atoms with Gasteiger partial charge in [0.05, 0.1) is 11.1 Å². The molecule has 27 heavy (non-hydrogen) atoms. The summed E-state index contributed by atoms with van der Waals surface area (Å²) in [6, 6.07) is 5.44. The number of piperidine rings is 1. The Morgan fingerprint density at radius 1 is 1.07 bits per heavy atom.